The van der Waals surface area contributed by atoms with E-state index in [0.717, 1.165) is 22.8 Å². The van der Waals surface area contributed by atoms with Crippen molar-refractivity contribution in [3.05, 3.63) is 64.8 Å². The minimum Gasteiger partial charge on any atom is -0.493 e. The molecule has 6 nitrogen and oxygen atoms in total. The molecular formula is C22H26N4O2. The molecule has 0 aliphatic carbocycles. The van der Waals surface area contributed by atoms with Crippen molar-refractivity contribution in [1.82, 2.24) is 9.97 Å². The number of nitrogens with zero attached hydrogens (tertiary/aromatic N) is 2. The first-order chi connectivity index (χ1) is 13.5. The Morgan fingerprint density at radius 1 is 0.821 bits per heavy atom. The summed E-state index contributed by atoms with van der Waals surface area (Å²) in [6.07, 6.45) is 0. The second-order valence-electron chi connectivity index (χ2n) is 6.76. The second kappa shape index (κ2) is 8.61. The number of anilines is 3. The molecule has 1 aromatic heterocycles. The number of aryl methyl sites for hydroxylation is 3. The number of hydrogen-bond donors (Lipinski definition) is 2. The van der Waals surface area contributed by atoms with E-state index in [2.05, 4.69) is 52.6 Å². The monoisotopic (exact) mass is 378 g/mol. The molecule has 28 heavy (non-hydrogen) atoms. The van der Waals surface area contributed by atoms with Gasteiger partial charge in [-0.1, -0.05) is 12.1 Å². The average Bonchev–Trinajstić information content (AvgIpc) is 2.64. The molecule has 2 aromatic carbocycles. The molecule has 146 valence electrons. The van der Waals surface area contributed by atoms with E-state index in [0.29, 0.717) is 24.0 Å². The second-order valence-corrected chi connectivity index (χ2v) is 6.76. The molecule has 0 unspecified atom stereocenters. The highest BCUT2D eigenvalue weighted by Crippen LogP contribution is 2.28. The Morgan fingerprint density at radius 3 is 2.21 bits per heavy atom. The van der Waals surface area contributed by atoms with Crippen LogP contribution < -0.4 is 20.1 Å². The summed E-state index contributed by atoms with van der Waals surface area (Å²) in [5.41, 5.74) is 5.33. The molecule has 3 rings (SSSR count). The first kappa shape index (κ1) is 19.5. The Hall–Kier alpha value is -3.28. The van der Waals surface area contributed by atoms with Gasteiger partial charge in [-0.2, -0.15) is 4.98 Å². The lowest BCUT2D eigenvalue weighted by atomic mass is 10.1. The van der Waals surface area contributed by atoms with Crippen LogP contribution in [0.2, 0.25) is 0 Å². The lowest BCUT2D eigenvalue weighted by molar-refractivity contribution is 0.354. The lowest BCUT2D eigenvalue weighted by Gasteiger charge is -2.12. The molecule has 0 saturated heterocycles. The zero-order valence-electron chi connectivity index (χ0n) is 17.0. The molecule has 6 heteroatoms. The quantitative estimate of drug-likeness (QED) is 0.617. The van der Waals surface area contributed by atoms with Crippen LogP contribution in [0.25, 0.3) is 0 Å². The number of benzene rings is 2. The van der Waals surface area contributed by atoms with Crippen LogP contribution in [0.4, 0.5) is 17.5 Å². The zero-order chi connectivity index (χ0) is 20.1. The molecule has 3 aromatic rings. The minimum atomic E-state index is 0.569. The smallest absolute Gasteiger partial charge is 0.229 e. The van der Waals surface area contributed by atoms with Gasteiger partial charge in [-0.05, 0) is 61.7 Å². The predicted octanol–water partition coefficient (Wildman–Crippen LogP) is 4.77. The van der Waals surface area contributed by atoms with E-state index < -0.39 is 0 Å². The van der Waals surface area contributed by atoms with E-state index in [9.17, 15) is 0 Å². The molecular weight excluding hydrogens is 352 g/mol. The molecule has 0 fully saturated rings. The molecule has 0 atom stereocenters. The van der Waals surface area contributed by atoms with Gasteiger partial charge in [0.15, 0.2) is 11.5 Å². The fraction of sp³-hybridized carbons (Fsp3) is 0.273. The normalized spacial score (nSPS) is 10.5. The summed E-state index contributed by atoms with van der Waals surface area (Å²) in [7, 11) is 3.26. The number of ether oxygens (including phenoxy) is 2. The summed E-state index contributed by atoms with van der Waals surface area (Å²) in [5.74, 6) is 2.75. The summed E-state index contributed by atoms with van der Waals surface area (Å²) < 4.78 is 10.6. The van der Waals surface area contributed by atoms with Gasteiger partial charge in [0.25, 0.3) is 0 Å². The van der Waals surface area contributed by atoms with Crippen LogP contribution >= 0.6 is 0 Å². The topological polar surface area (TPSA) is 68.3 Å². The van der Waals surface area contributed by atoms with Crippen molar-refractivity contribution in [2.75, 3.05) is 24.9 Å². The summed E-state index contributed by atoms with van der Waals surface area (Å²) in [6, 6.07) is 14.1. The Kier molecular flexibility index (Phi) is 5.99. The standard InChI is InChI=1S/C22H26N4O2/c1-14-8-15(2)10-18(9-14)25-22-24-16(3)11-21(26-22)23-13-17-6-7-19(27-4)20(12-17)28-5/h6-12H,13H2,1-5H3,(H2,23,24,25,26). The fourth-order valence-electron chi connectivity index (χ4n) is 3.07. The van der Waals surface area contributed by atoms with Crippen LogP contribution in [0.5, 0.6) is 11.5 Å². The first-order valence-electron chi connectivity index (χ1n) is 9.12. The maximum Gasteiger partial charge on any atom is 0.229 e. The van der Waals surface area contributed by atoms with Gasteiger partial charge >= 0.3 is 0 Å². The van der Waals surface area contributed by atoms with Gasteiger partial charge in [-0.15, -0.1) is 0 Å². The van der Waals surface area contributed by atoms with E-state index in [4.69, 9.17) is 9.47 Å². The Morgan fingerprint density at radius 2 is 1.54 bits per heavy atom. The summed E-state index contributed by atoms with van der Waals surface area (Å²) in [6.45, 7) is 6.71. The van der Waals surface area contributed by atoms with Crippen LogP contribution in [-0.4, -0.2) is 24.2 Å². The van der Waals surface area contributed by atoms with E-state index in [1.54, 1.807) is 14.2 Å². The highest BCUT2D eigenvalue weighted by Gasteiger charge is 2.07. The Balaban J connectivity index is 1.74. The molecule has 0 amide bonds. The van der Waals surface area contributed by atoms with Gasteiger partial charge in [0, 0.05) is 24.0 Å². The van der Waals surface area contributed by atoms with E-state index in [1.807, 2.05) is 31.2 Å². The van der Waals surface area contributed by atoms with E-state index in [1.165, 1.54) is 11.1 Å². The molecule has 0 aliphatic rings. The highest BCUT2D eigenvalue weighted by atomic mass is 16.5. The molecule has 0 bridgehead atoms. The Bertz CT molecular complexity index is 952. The minimum absolute atomic E-state index is 0.569. The average molecular weight is 378 g/mol. The Labute approximate surface area is 166 Å². The maximum absolute atomic E-state index is 5.36. The predicted molar refractivity (Wildman–Crippen MR) is 113 cm³/mol. The molecule has 0 radical (unpaired) electrons. The highest BCUT2D eigenvalue weighted by molar-refractivity contribution is 5.57. The number of rotatable bonds is 7. The summed E-state index contributed by atoms with van der Waals surface area (Å²) in [5, 5.41) is 6.65. The molecule has 0 spiro atoms. The van der Waals surface area contributed by atoms with Crippen molar-refractivity contribution in [2.45, 2.75) is 27.3 Å². The number of methoxy groups -OCH3 is 2. The van der Waals surface area contributed by atoms with Gasteiger partial charge in [0.1, 0.15) is 5.82 Å². The number of nitrogens with one attached hydrogen (secondary N) is 2. The maximum atomic E-state index is 5.36. The van der Waals surface area contributed by atoms with Gasteiger partial charge in [-0.25, -0.2) is 4.98 Å². The first-order valence-corrected chi connectivity index (χ1v) is 9.12. The van der Waals surface area contributed by atoms with Gasteiger partial charge in [0.05, 0.1) is 14.2 Å². The third-order valence-corrected chi connectivity index (χ3v) is 4.25. The molecule has 0 saturated carbocycles. The molecule has 1 heterocycles. The van der Waals surface area contributed by atoms with Gasteiger partial charge in [-0.3, -0.25) is 0 Å². The SMILES string of the molecule is COc1ccc(CNc2cc(C)nc(Nc3cc(C)cc(C)c3)n2)cc1OC. The van der Waals surface area contributed by atoms with Crippen LogP contribution in [0.3, 0.4) is 0 Å². The van der Waals surface area contributed by atoms with Crippen LogP contribution in [0.1, 0.15) is 22.4 Å². The van der Waals surface area contributed by atoms with Crippen LogP contribution in [-0.2, 0) is 6.54 Å². The number of aromatic nitrogens is 2. The van der Waals surface area contributed by atoms with Crippen molar-refractivity contribution in [3.63, 3.8) is 0 Å². The van der Waals surface area contributed by atoms with E-state index >= 15 is 0 Å². The van der Waals surface area contributed by atoms with Crippen molar-refractivity contribution in [3.8, 4) is 11.5 Å². The number of hydrogen-bond acceptors (Lipinski definition) is 6. The van der Waals surface area contributed by atoms with Crippen molar-refractivity contribution in [1.29, 1.82) is 0 Å². The van der Waals surface area contributed by atoms with Gasteiger partial charge in [0.2, 0.25) is 5.95 Å². The lowest BCUT2D eigenvalue weighted by Crippen LogP contribution is -2.06. The third-order valence-electron chi connectivity index (χ3n) is 4.25. The fourth-order valence-corrected chi connectivity index (χ4v) is 3.07. The molecule has 2 N–H and O–H groups in total. The van der Waals surface area contributed by atoms with Gasteiger partial charge < -0.3 is 20.1 Å². The van der Waals surface area contributed by atoms with E-state index in [-0.39, 0.29) is 0 Å². The van der Waals surface area contributed by atoms with Crippen LogP contribution in [0.15, 0.2) is 42.5 Å². The van der Waals surface area contributed by atoms with Crippen molar-refractivity contribution >= 4 is 17.5 Å². The van der Waals surface area contributed by atoms with Crippen molar-refractivity contribution in [2.24, 2.45) is 0 Å². The molecule has 0 aliphatic heterocycles. The summed E-state index contributed by atoms with van der Waals surface area (Å²) >= 11 is 0. The third kappa shape index (κ3) is 4.91. The zero-order valence-corrected chi connectivity index (χ0v) is 17.0. The van der Waals surface area contributed by atoms with Crippen LogP contribution in [0, 0.1) is 20.8 Å². The summed E-state index contributed by atoms with van der Waals surface area (Å²) in [4.78, 5) is 9.09. The van der Waals surface area contributed by atoms with Crippen molar-refractivity contribution < 1.29 is 9.47 Å². The largest absolute Gasteiger partial charge is 0.493 e.